The molecule has 3 N–H and O–H groups in total. The summed E-state index contributed by atoms with van der Waals surface area (Å²) in [6.07, 6.45) is 1.63. The number of para-hydroxylation sites is 1. The Bertz CT molecular complexity index is 831. The smallest absolute Gasteiger partial charge is 0.315 e. The van der Waals surface area contributed by atoms with E-state index in [-0.39, 0.29) is 12.6 Å². The zero-order chi connectivity index (χ0) is 17.5. The number of hydrogen-bond acceptors (Lipinski definition) is 3. The molecule has 1 aromatic heterocycles. The van der Waals surface area contributed by atoms with Gasteiger partial charge in [-0.05, 0) is 17.2 Å². The number of urea groups is 1. The van der Waals surface area contributed by atoms with Crippen LogP contribution < -0.4 is 10.6 Å². The highest BCUT2D eigenvalue weighted by molar-refractivity contribution is 5.82. The van der Waals surface area contributed by atoms with Gasteiger partial charge >= 0.3 is 6.03 Å². The second-order valence-corrected chi connectivity index (χ2v) is 5.90. The van der Waals surface area contributed by atoms with Crippen LogP contribution in [0, 0.1) is 0 Å². The molecule has 5 nitrogen and oxygen atoms in total. The minimum atomic E-state index is -0.618. The van der Waals surface area contributed by atoms with E-state index < -0.39 is 6.10 Å². The highest BCUT2D eigenvalue weighted by Crippen LogP contribution is 2.15. The molecule has 0 aliphatic rings. The van der Waals surface area contributed by atoms with Crippen LogP contribution in [-0.2, 0) is 13.0 Å². The first kappa shape index (κ1) is 16.9. The van der Waals surface area contributed by atoms with Crippen LogP contribution in [0.15, 0.2) is 66.9 Å². The van der Waals surface area contributed by atoms with Gasteiger partial charge in [0.2, 0.25) is 0 Å². The first-order valence-electron chi connectivity index (χ1n) is 8.28. The van der Waals surface area contributed by atoms with E-state index in [0.29, 0.717) is 13.0 Å². The molecule has 25 heavy (non-hydrogen) atoms. The van der Waals surface area contributed by atoms with Gasteiger partial charge in [0.1, 0.15) is 0 Å². The van der Waals surface area contributed by atoms with E-state index in [4.69, 9.17) is 0 Å². The fourth-order valence-electron chi connectivity index (χ4n) is 2.72. The summed E-state index contributed by atoms with van der Waals surface area (Å²) >= 11 is 0. The fourth-order valence-corrected chi connectivity index (χ4v) is 2.72. The maximum absolute atomic E-state index is 12.0. The van der Waals surface area contributed by atoms with Crippen LogP contribution in [-0.4, -0.2) is 28.8 Å². The molecule has 2 aromatic carbocycles. The maximum Gasteiger partial charge on any atom is 0.315 e. The summed E-state index contributed by atoms with van der Waals surface area (Å²) in [5.74, 6) is 0. The number of carbonyl (C=O) groups is 1. The van der Waals surface area contributed by atoms with Crippen molar-refractivity contribution in [2.24, 2.45) is 0 Å². The van der Waals surface area contributed by atoms with Gasteiger partial charge in [-0.2, -0.15) is 0 Å². The van der Waals surface area contributed by atoms with E-state index in [1.165, 1.54) is 0 Å². The number of benzene rings is 2. The molecule has 5 heteroatoms. The molecule has 3 aromatic rings. The van der Waals surface area contributed by atoms with Gasteiger partial charge < -0.3 is 15.7 Å². The van der Waals surface area contributed by atoms with E-state index in [1.54, 1.807) is 6.20 Å². The molecule has 0 spiro atoms. The van der Waals surface area contributed by atoms with E-state index in [1.807, 2.05) is 60.7 Å². The summed E-state index contributed by atoms with van der Waals surface area (Å²) in [5, 5.41) is 16.6. The zero-order valence-corrected chi connectivity index (χ0v) is 13.9. The summed E-state index contributed by atoms with van der Waals surface area (Å²) in [6, 6.07) is 19.2. The molecule has 128 valence electrons. The van der Waals surface area contributed by atoms with Crippen molar-refractivity contribution in [2.75, 3.05) is 6.54 Å². The van der Waals surface area contributed by atoms with Gasteiger partial charge in [-0.15, -0.1) is 0 Å². The number of nitrogens with zero attached hydrogens (tertiary/aromatic N) is 1. The lowest BCUT2D eigenvalue weighted by molar-refractivity contribution is 0.170. The lowest BCUT2D eigenvalue weighted by Gasteiger charge is -2.13. The Hall–Kier alpha value is -2.92. The lowest BCUT2D eigenvalue weighted by Crippen LogP contribution is -2.40. The van der Waals surface area contributed by atoms with Crippen LogP contribution in [0.4, 0.5) is 4.79 Å². The Balaban J connectivity index is 1.48. The second-order valence-electron chi connectivity index (χ2n) is 5.90. The van der Waals surface area contributed by atoms with Crippen molar-refractivity contribution in [1.29, 1.82) is 0 Å². The number of rotatable bonds is 6. The van der Waals surface area contributed by atoms with Crippen molar-refractivity contribution in [3.8, 4) is 0 Å². The van der Waals surface area contributed by atoms with E-state index in [0.717, 1.165) is 22.0 Å². The Kier molecular flexibility index (Phi) is 5.59. The summed E-state index contributed by atoms with van der Waals surface area (Å²) in [7, 11) is 0. The molecule has 2 amide bonds. The van der Waals surface area contributed by atoms with Crippen molar-refractivity contribution >= 4 is 16.9 Å². The van der Waals surface area contributed by atoms with Gasteiger partial charge in [0.15, 0.2) is 0 Å². The summed E-state index contributed by atoms with van der Waals surface area (Å²) < 4.78 is 0. The predicted molar refractivity (Wildman–Crippen MR) is 98.1 cm³/mol. The molecule has 0 aliphatic carbocycles. The molecular weight excluding hydrogens is 314 g/mol. The predicted octanol–water partition coefficient (Wildman–Crippen LogP) is 2.64. The third-order valence-corrected chi connectivity index (χ3v) is 3.97. The highest BCUT2D eigenvalue weighted by Gasteiger charge is 2.08. The third kappa shape index (κ3) is 4.78. The molecule has 0 saturated carbocycles. The standard InChI is InChI=1S/C20H21N3O2/c24-18(12-15-6-2-1-3-7-15)14-23-20(25)22-13-17-9-4-8-16-10-5-11-21-19(16)17/h1-11,18,24H,12-14H2,(H2,22,23,25). The number of pyridine rings is 1. The Morgan fingerprint density at radius 2 is 1.80 bits per heavy atom. The minimum absolute atomic E-state index is 0.203. The molecule has 0 fully saturated rings. The van der Waals surface area contributed by atoms with Crippen LogP contribution in [0.2, 0.25) is 0 Å². The number of amides is 2. The van der Waals surface area contributed by atoms with Crippen LogP contribution in [0.3, 0.4) is 0 Å². The van der Waals surface area contributed by atoms with Crippen molar-refractivity contribution in [3.05, 3.63) is 78.0 Å². The molecule has 0 bridgehead atoms. The minimum Gasteiger partial charge on any atom is -0.391 e. The Labute approximate surface area is 146 Å². The first-order valence-corrected chi connectivity index (χ1v) is 8.28. The van der Waals surface area contributed by atoms with E-state index >= 15 is 0 Å². The monoisotopic (exact) mass is 335 g/mol. The second kappa shape index (κ2) is 8.26. The summed E-state index contributed by atoms with van der Waals surface area (Å²) in [4.78, 5) is 16.3. The first-order chi connectivity index (χ1) is 12.2. The van der Waals surface area contributed by atoms with Crippen molar-refractivity contribution in [1.82, 2.24) is 15.6 Å². The van der Waals surface area contributed by atoms with Gasteiger partial charge in [0, 0.05) is 31.1 Å². The van der Waals surface area contributed by atoms with Crippen molar-refractivity contribution in [2.45, 2.75) is 19.1 Å². The summed E-state index contributed by atoms with van der Waals surface area (Å²) in [5.41, 5.74) is 2.88. The molecule has 1 heterocycles. The van der Waals surface area contributed by atoms with Crippen LogP contribution in [0.5, 0.6) is 0 Å². The van der Waals surface area contributed by atoms with Crippen LogP contribution in [0.25, 0.3) is 10.9 Å². The molecule has 0 aliphatic heterocycles. The normalized spacial score (nSPS) is 11.9. The van der Waals surface area contributed by atoms with Gasteiger partial charge in [0.25, 0.3) is 0 Å². The Morgan fingerprint density at radius 3 is 2.64 bits per heavy atom. The van der Waals surface area contributed by atoms with Gasteiger partial charge in [-0.25, -0.2) is 4.79 Å². The number of aliphatic hydroxyl groups is 1. The molecule has 0 radical (unpaired) electrons. The number of fused-ring (bicyclic) bond motifs is 1. The highest BCUT2D eigenvalue weighted by atomic mass is 16.3. The van der Waals surface area contributed by atoms with Crippen LogP contribution >= 0.6 is 0 Å². The van der Waals surface area contributed by atoms with Gasteiger partial charge in [-0.3, -0.25) is 4.98 Å². The third-order valence-electron chi connectivity index (χ3n) is 3.97. The van der Waals surface area contributed by atoms with Gasteiger partial charge in [0.05, 0.1) is 11.6 Å². The average Bonchev–Trinajstić information content (AvgIpc) is 2.65. The molecule has 0 saturated heterocycles. The number of nitrogens with one attached hydrogen (secondary N) is 2. The van der Waals surface area contributed by atoms with Crippen molar-refractivity contribution < 1.29 is 9.90 Å². The largest absolute Gasteiger partial charge is 0.391 e. The number of aromatic nitrogens is 1. The molecule has 1 atom stereocenters. The maximum atomic E-state index is 12.0. The average molecular weight is 335 g/mol. The molecule has 3 rings (SSSR count). The van der Waals surface area contributed by atoms with E-state index in [9.17, 15) is 9.90 Å². The SMILES string of the molecule is O=C(NCc1cccc2cccnc12)NCC(O)Cc1ccccc1. The molecule has 1 unspecified atom stereocenters. The summed E-state index contributed by atoms with van der Waals surface area (Å²) in [6.45, 7) is 0.587. The quantitative estimate of drug-likeness (QED) is 0.648. The number of hydrogen-bond donors (Lipinski definition) is 3. The topological polar surface area (TPSA) is 74.2 Å². The Morgan fingerprint density at radius 1 is 1.00 bits per heavy atom. The fraction of sp³-hybridized carbons (Fsp3) is 0.200. The van der Waals surface area contributed by atoms with E-state index in [2.05, 4.69) is 15.6 Å². The van der Waals surface area contributed by atoms with Crippen molar-refractivity contribution in [3.63, 3.8) is 0 Å². The molecular formula is C20H21N3O2. The lowest BCUT2D eigenvalue weighted by atomic mass is 10.1. The zero-order valence-electron chi connectivity index (χ0n) is 13.9. The number of carbonyl (C=O) groups excluding carboxylic acids is 1. The van der Waals surface area contributed by atoms with Crippen LogP contribution in [0.1, 0.15) is 11.1 Å². The number of aliphatic hydroxyl groups excluding tert-OH is 1. The van der Waals surface area contributed by atoms with Gasteiger partial charge in [-0.1, -0.05) is 54.6 Å².